The minimum atomic E-state index is -0.197. The molecule has 0 fully saturated rings. The predicted molar refractivity (Wildman–Crippen MR) is 76.7 cm³/mol. The van der Waals surface area contributed by atoms with Gasteiger partial charge in [0.15, 0.2) is 0 Å². The highest BCUT2D eigenvalue weighted by molar-refractivity contribution is 6.31. The van der Waals surface area contributed by atoms with Crippen molar-refractivity contribution in [1.82, 2.24) is 5.32 Å². The molecule has 0 aliphatic carbocycles. The van der Waals surface area contributed by atoms with Crippen LogP contribution >= 0.6 is 11.6 Å². The maximum Gasteiger partial charge on any atom is 0.127 e. The smallest absolute Gasteiger partial charge is 0.127 e. The van der Waals surface area contributed by atoms with E-state index >= 15 is 0 Å². The van der Waals surface area contributed by atoms with Crippen LogP contribution in [0.5, 0.6) is 0 Å². The van der Waals surface area contributed by atoms with Gasteiger partial charge in [-0.05, 0) is 51.8 Å². The van der Waals surface area contributed by atoms with Crippen molar-refractivity contribution in [2.75, 3.05) is 6.54 Å². The summed E-state index contributed by atoms with van der Waals surface area (Å²) in [6.07, 6.45) is 1.69. The van der Waals surface area contributed by atoms with E-state index in [9.17, 15) is 4.39 Å². The Bertz CT molecular complexity index is 364. The third-order valence-electron chi connectivity index (χ3n) is 3.05. The summed E-state index contributed by atoms with van der Waals surface area (Å²) >= 11 is 6.06. The molecule has 3 heteroatoms. The van der Waals surface area contributed by atoms with Gasteiger partial charge in [-0.3, -0.25) is 0 Å². The molecule has 1 nitrogen and oxygen atoms in total. The second-order valence-corrected chi connectivity index (χ2v) is 6.22. The Hall–Kier alpha value is -0.600. The molecule has 0 amide bonds. The number of hydrogen-bond acceptors (Lipinski definition) is 1. The fourth-order valence-electron chi connectivity index (χ4n) is 1.83. The molecule has 0 aromatic heterocycles. The largest absolute Gasteiger partial charge is 0.312 e. The first kappa shape index (κ1) is 15.5. The molecular weight excluding hydrogens is 249 g/mol. The van der Waals surface area contributed by atoms with Gasteiger partial charge in [0, 0.05) is 16.1 Å². The van der Waals surface area contributed by atoms with E-state index in [1.807, 2.05) is 0 Å². The molecule has 0 saturated carbocycles. The molecule has 0 saturated heterocycles. The molecule has 18 heavy (non-hydrogen) atoms. The molecule has 1 unspecified atom stereocenters. The quantitative estimate of drug-likeness (QED) is 0.835. The van der Waals surface area contributed by atoms with Crippen molar-refractivity contribution in [1.29, 1.82) is 0 Å². The van der Waals surface area contributed by atoms with Crippen LogP contribution in [0.1, 0.15) is 39.7 Å². The van der Waals surface area contributed by atoms with E-state index in [0.717, 1.165) is 13.0 Å². The highest BCUT2D eigenvalue weighted by Crippen LogP contribution is 2.23. The van der Waals surface area contributed by atoms with Crippen LogP contribution in [0.3, 0.4) is 0 Å². The van der Waals surface area contributed by atoms with E-state index in [-0.39, 0.29) is 11.4 Å². The number of rotatable bonds is 5. The van der Waals surface area contributed by atoms with Crippen molar-refractivity contribution in [2.24, 2.45) is 5.92 Å². The minimum Gasteiger partial charge on any atom is -0.312 e. The topological polar surface area (TPSA) is 12.0 Å². The molecule has 0 spiro atoms. The Labute approximate surface area is 115 Å². The third-order valence-corrected chi connectivity index (χ3v) is 3.41. The predicted octanol–water partition coefficient (Wildman–Crippen LogP) is 4.44. The molecule has 0 aliphatic rings. The normalized spacial score (nSPS) is 13.7. The molecule has 0 bridgehead atoms. The van der Waals surface area contributed by atoms with Gasteiger partial charge in [0.1, 0.15) is 5.82 Å². The summed E-state index contributed by atoms with van der Waals surface area (Å²) in [7, 11) is 0. The average Bonchev–Trinajstić information content (AvgIpc) is 2.26. The van der Waals surface area contributed by atoms with Crippen LogP contribution in [0.15, 0.2) is 18.2 Å². The van der Waals surface area contributed by atoms with Crippen LogP contribution in [0, 0.1) is 11.7 Å². The summed E-state index contributed by atoms with van der Waals surface area (Å²) in [5.74, 6) is 0.204. The first-order valence-electron chi connectivity index (χ1n) is 6.51. The van der Waals surface area contributed by atoms with Crippen molar-refractivity contribution < 1.29 is 4.39 Å². The molecule has 0 radical (unpaired) electrons. The van der Waals surface area contributed by atoms with Crippen molar-refractivity contribution >= 4 is 11.6 Å². The van der Waals surface area contributed by atoms with Crippen molar-refractivity contribution in [3.63, 3.8) is 0 Å². The van der Waals surface area contributed by atoms with Gasteiger partial charge in [-0.15, -0.1) is 0 Å². The molecule has 0 aliphatic heterocycles. The van der Waals surface area contributed by atoms with Crippen LogP contribution in [-0.4, -0.2) is 12.1 Å². The van der Waals surface area contributed by atoms with Gasteiger partial charge >= 0.3 is 0 Å². The van der Waals surface area contributed by atoms with Crippen LogP contribution in [0.2, 0.25) is 5.02 Å². The van der Waals surface area contributed by atoms with E-state index in [1.165, 1.54) is 6.07 Å². The second-order valence-electron chi connectivity index (χ2n) is 5.81. The highest BCUT2D eigenvalue weighted by atomic mass is 35.5. The zero-order chi connectivity index (χ0) is 13.8. The molecule has 1 atom stereocenters. The van der Waals surface area contributed by atoms with E-state index in [2.05, 4.69) is 33.0 Å². The molecular formula is C15H23ClFN. The first-order chi connectivity index (χ1) is 8.33. The van der Waals surface area contributed by atoms with Gasteiger partial charge < -0.3 is 5.32 Å². The Morgan fingerprint density at radius 3 is 2.50 bits per heavy atom. The van der Waals surface area contributed by atoms with Gasteiger partial charge in [0.25, 0.3) is 0 Å². The van der Waals surface area contributed by atoms with Crippen LogP contribution in [0.4, 0.5) is 4.39 Å². The number of nitrogens with one attached hydrogen (secondary N) is 1. The average molecular weight is 272 g/mol. The maximum atomic E-state index is 13.7. The van der Waals surface area contributed by atoms with Crippen LogP contribution < -0.4 is 5.32 Å². The Morgan fingerprint density at radius 1 is 1.33 bits per heavy atom. The first-order valence-corrected chi connectivity index (χ1v) is 6.89. The molecule has 1 N–H and O–H groups in total. The monoisotopic (exact) mass is 271 g/mol. The van der Waals surface area contributed by atoms with E-state index in [4.69, 9.17) is 11.6 Å². The fraction of sp³-hybridized carbons (Fsp3) is 0.600. The van der Waals surface area contributed by atoms with E-state index in [0.29, 0.717) is 22.9 Å². The van der Waals surface area contributed by atoms with Gasteiger partial charge in [-0.1, -0.05) is 31.0 Å². The SMILES string of the molecule is CCC(CNC(C)(C)C)Cc1c(F)cccc1Cl. The molecule has 1 aromatic carbocycles. The van der Waals surface area contributed by atoms with Crippen molar-refractivity contribution in [3.05, 3.63) is 34.6 Å². The lowest BCUT2D eigenvalue weighted by Crippen LogP contribution is -2.39. The second kappa shape index (κ2) is 6.53. The Kier molecular flexibility index (Phi) is 5.61. The lowest BCUT2D eigenvalue weighted by Gasteiger charge is -2.25. The van der Waals surface area contributed by atoms with Gasteiger partial charge in [0.2, 0.25) is 0 Å². The molecule has 102 valence electrons. The number of halogens is 2. The summed E-state index contributed by atoms with van der Waals surface area (Å²) in [6, 6.07) is 4.88. The number of benzene rings is 1. The highest BCUT2D eigenvalue weighted by Gasteiger charge is 2.16. The Balaban J connectivity index is 2.68. The maximum absolute atomic E-state index is 13.7. The standard InChI is InChI=1S/C15H23ClFN/c1-5-11(10-18-15(2,3)4)9-12-13(16)7-6-8-14(12)17/h6-8,11,18H,5,9-10H2,1-4H3. The van der Waals surface area contributed by atoms with Gasteiger partial charge in [-0.25, -0.2) is 4.39 Å². The lowest BCUT2D eigenvalue weighted by molar-refractivity contribution is 0.361. The summed E-state index contributed by atoms with van der Waals surface area (Å²) < 4.78 is 13.7. The lowest BCUT2D eigenvalue weighted by atomic mass is 9.95. The molecule has 0 heterocycles. The zero-order valence-electron chi connectivity index (χ0n) is 11.7. The number of hydrogen-bond donors (Lipinski definition) is 1. The fourth-order valence-corrected chi connectivity index (χ4v) is 2.07. The van der Waals surface area contributed by atoms with Crippen LogP contribution in [-0.2, 0) is 6.42 Å². The summed E-state index contributed by atoms with van der Waals surface area (Å²) in [5, 5.41) is 4.00. The van der Waals surface area contributed by atoms with Crippen molar-refractivity contribution in [3.8, 4) is 0 Å². The Morgan fingerprint density at radius 2 is 2.00 bits per heavy atom. The molecule has 1 rings (SSSR count). The van der Waals surface area contributed by atoms with Crippen LogP contribution in [0.25, 0.3) is 0 Å². The van der Waals surface area contributed by atoms with Gasteiger partial charge in [0.05, 0.1) is 0 Å². The summed E-state index contributed by atoms with van der Waals surface area (Å²) in [5.41, 5.74) is 0.730. The third kappa shape index (κ3) is 4.95. The molecule has 1 aromatic rings. The summed E-state index contributed by atoms with van der Waals surface area (Å²) in [6.45, 7) is 9.41. The summed E-state index contributed by atoms with van der Waals surface area (Å²) in [4.78, 5) is 0. The van der Waals surface area contributed by atoms with Gasteiger partial charge in [-0.2, -0.15) is 0 Å². The van der Waals surface area contributed by atoms with Crippen molar-refractivity contribution in [2.45, 2.75) is 46.1 Å². The van der Waals surface area contributed by atoms with E-state index in [1.54, 1.807) is 12.1 Å². The zero-order valence-corrected chi connectivity index (χ0v) is 12.4. The van der Waals surface area contributed by atoms with E-state index < -0.39 is 0 Å². The minimum absolute atomic E-state index is 0.0897.